The SMILES string of the molecule is Cc1ccc(Nc2nc3c4c(ccc(Oc5ccc(C(C)(C)C)cc5C)c4n2)C(=O)c2ccccc2-3)c(C)c1. The maximum Gasteiger partial charge on any atom is 0.228 e. The maximum absolute atomic E-state index is 13.5. The van der Waals surface area contributed by atoms with E-state index in [1.807, 2.05) is 48.5 Å². The normalized spacial score (nSPS) is 12.4. The molecule has 194 valence electrons. The number of anilines is 2. The fraction of sp³-hybridized carbons (Fsp3) is 0.206. The average Bonchev–Trinajstić information content (AvgIpc) is 2.90. The van der Waals surface area contributed by atoms with Crippen LogP contribution in [0.5, 0.6) is 11.5 Å². The molecule has 0 saturated heterocycles. The van der Waals surface area contributed by atoms with Crippen molar-refractivity contribution < 1.29 is 9.53 Å². The predicted molar refractivity (Wildman–Crippen MR) is 158 cm³/mol. The van der Waals surface area contributed by atoms with Gasteiger partial charge in [0.05, 0.1) is 5.69 Å². The number of aromatic nitrogens is 2. The number of nitrogens with zero attached hydrogens (tertiary/aromatic N) is 2. The highest BCUT2D eigenvalue weighted by molar-refractivity contribution is 6.25. The quantitative estimate of drug-likeness (QED) is 0.256. The van der Waals surface area contributed by atoms with Crippen LogP contribution in [0.3, 0.4) is 0 Å². The number of fused-ring (bicyclic) bond motifs is 2. The first-order chi connectivity index (χ1) is 18.6. The highest BCUT2D eigenvalue weighted by Crippen LogP contribution is 2.43. The van der Waals surface area contributed by atoms with Crippen molar-refractivity contribution in [3.63, 3.8) is 0 Å². The zero-order valence-electron chi connectivity index (χ0n) is 23.1. The number of rotatable bonds is 4. The number of carbonyl (C=O) groups is 1. The van der Waals surface area contributed by atoms with Crippen LogP contribution in [0, 0.1) is 20.8 Å². The molecule has 0 fully saturated rings. The lowest BCUT2D eigenvalue weighted by Gasteiger charge is -2.22. The van der Waals surface area contributed by atoms with Crippen molar-refractivity contribution in [2.24, 2.45) is 0 Å². The molecule has 1 N–H and O–H groups in total. The van der Waals surface area contributed by atoms with E-state index in [-0.39, 0.29) is 11.2 Å². The van der Waals surface area contributed by atoms with E-state index in [1.165, 1.54) is 11.1 Å². The molecule has 5 heteroatoms. The summed E-state index contributed by atoms with van der Waals surface area (Å²) < 4.78 is 6.51. The Kier molecular flexibility index (Phi) is 5.76. The van der Waals surface area contributed by atoms with Gasteiger partial charge >= 0.3 is 0 Å². The lowest BCUT2D eigenvalue weighted by Crippen LogP contribution is -2.13. The Morgan fingerprint density at radius 1 is 0.744 bits per heavy atom. The molecule has 5 aromatic rings. The molecule has 5 nitrogen and oxygen atoms in total. The summed E-state index contributed by atoms with van der Waals surface area (Å²) in [6.45, 7) is 12.8. The summed E-state index contributed by atoms with van der Waals surface area (Å²) in [4.78, 5) is 23.4. The van der Waals surface area contributed by atoms with Gasteiger partial charge in [0.1, 0.15) is 11.3 Å². The standard InChI is InChI=1S/C34H31N3O2/c1-19-11-14-26(20(2)17-19)35-33-36-30-23-9-7-8-10-24(23)32(38)25-13-16-28(31(37-33)29(25)30)39-27-15-12-22(18-21(27)3)34(4,5)6/h7-18H,1-6H3,(H,35,36,37). The second-order valence-electron chi connectivity index (χ2n) is 11.4. The molecule has 0 aliphatic heterocycles. The summed E-state index contributed by atoms with van der Waals surface area (Å²) >= 11 is 0. The minimum absolute atomic E-state index is 0.0287. The molecule has 0 saturated carbocycles. The van der Waals surface area contributed by atoms with Gasteiger partial charge in [-0.3, -0.25) is 4.79 Å². The van der Waals surface area contributed by atoms with E-state index in [4.69, 9.17) is 14.7 Å². The van der Waals surface area contributed by atoms with Crippen molar-refractivity contribution >= 4 is 28.3 Å². The van der Waals surface area contributed by atoms with Gasteiger partial charge in [0, 0.05) is 27.8 Å². The number of aryl methyl sites for hydroxylation is 3. The third kappa shape index (κ3) is 4.34. The average molecular weight is 514 g/mol. The van der Waals surface area contributed by atoms with E-state index < -0.39 is 0 Å². The van der Waals surface area contributed by atoms with Gasteiger partial charge < -0.3 is 10.1 Å². The summed E-state index contributed by atoms with van der Waals surface area (Å²) in [5, 5.41) is 4.13. The third-order valence-electron chi connectivity index (χ3n) is 7.37. The molecule has 0 spiro atoms. The maximum atomic E-state index is 13.5. The first-order valence-electron chi connectivity index (χ1n) is 13.2. The highest BCUT2D eigenvalue weighted by Gasteiger charge is 2.29. The van der Waals surface area contributed by atoms with Crippen LogP contribution in [0.4, 0.5) is 11.6 Å². The molecule has 0 radical (unpaired) electrons. The summed E-state index contributed by atoms with van der Waals surface area (Å²) in [5.41, 5.74) is 8.90. The van der Waals surface area contributed by atoms with Gasteiger partial charge in [0.15, 0.2) is 11.5 Å². The van der Waals surface area contributed by atoms with Gasteiger partial charge in [-0.25, -0.2) is 9.97 Å². The number of ketones is 1. The molecule has 1 heterocycles. The van der Waals surface area contributed by atoms with Gasteiger partial charge in [-0.05, 0) is 67.1 Å². The van der Waals surface area contributed by atoms with Crippen molar-refractivity contribution in [2.45, 2.75) is 47.0 Å². The van der Waals surface area contributed by atoms with Crippen LogP contribution < -0.4 is 10.1 Å². The second-order valence-corrected chi connectivity index (χ2v) is 11.4. The summed E-state index contributed by atoms with van der Waals surface area (Å²) in [7, 11) is 0. The van der Waals surface area contributed by atoms with Gasteiger partial charge in [0.2, 0.25) is 5.95 Å². The van der Waals surface area contributed by atoms with E-state index in [1.54, 1.807) is 0 Å². The summed E-state index contributed by atoms with van der Waals surface area (Å²) in [6.07, 6.45) is 0. The van der Waals surface area contributed by atoms with Crippen molar-refractivity contribution in [3.8, 4) is 22.8 Å². The fourth-order valence-corrected chi connectivity index (χ4v) is 5.19. The van der Waals surface area contributed by atoms with Crippen molar-refractivity contribution in [2.75, 3.05) is 5.32 Å². The van der Waals surface area contributed by atoms with Gasteiger partial charge in [0.25, 0.3) is 0 Å². The number of nitrogens with one attached hydrogen (secondary N) is 1. The fourth-order valence-electron chi connectivity index (χ4n) is 5.19. The summed E-state index contributed by atoms with van der Waals surface area (Å²) in [5.74, 6) is 1.76. The minimum Gasteiger partial charge on any atom is -0.455 e. The number of carbonyl (C=O) groups excluding carboxylic acids is 1. The molecular weight excluding hydrogens is 482 g/mol. The van der Waals surface area contributed by atoms with Crippen LogP contribution in [-0.2, 0) is 5.41 Å². The molecule has 1 aromatic heterocycles. The number of benzene rings is 4. The molecule has 0 unspecified atom stereocenters. The van der Waals surface area contributed by atoms with Crippen LogP contribution in [0.2, 0.25) is 0 Å². The van der Waals surface area contributed by atoms with Crippen LogP contribution in [0.1, 0.15) is 58.9 Å². The summed E-state index contributed by atoms with van der Waals surface area (Å²) in [6, 6.07) is 23.8. The topological polar surface area (TPSA) is 64.1 Å². The largest absolute Gasteiger partial charge is 0.455 e. The van der Waals surface area contributed by atoms with E-state index in [0.29, 0.717) is 33.7 Å². The molecule has 0 atom stereocenters. The zero-order chi connectivity index (χ0) is 27.5. The lowest BCUT2D eigenvalue weighted by atomic mass is 9.86. The first-order valence-corrected chi connectivity index (χ1v) is 13.2. The predicted octanol–water partition coefficient (Wildman–Crippen LogP) is 8.60. The Hall–Kier alpha value is -4.51. The van der Waals surface area contributed by atoms with Crippen LogP contribution >= 0.6 is 0 Å². The molecule has 0 bridgehead atoms. The Bertz CT molecular complexity index is 1800. The molecule has 0 amide bonds. The van der Waals surface area contributed by atoms with E-state index in [9.17, 15) is 4.79 Å². The Morgan fingerprint density at radius 2 is 1.49 bits per heavy atom. The zero-order valence-corrected chi connectivity index (χ0v) is 23.1. The Labute approximate surface area is 228 Å². The monoisotopic (exact) mass is 513 g/mol. The van der Waals surface area contributed by atoms with Crippen molar-refractivity contribution in [3.05, 3.63) is 106 Å². The van der Waals surface area contributed by atoms with Crippen molar-refractivity contribution in [1.29, 1.82) is 0 Å². The molecule has 4 aromatic carbocycles. The Balaban J connectivity index is 1.54. The number of hydrogen-bond acceptors (Lipinski definition) is 5. The van der Waals surface area contributed by atoms with E-state index in [2.05, 4.69) is 71.1 Å². The highest BCUT2D eigenvalue weighted by atomic mass is 16.5. The number of hydrogen-bond donors (Lipinski definition) is 1. The minimum atomic E-state index is -0.0287. The molecule has 6 rings (SSSR count). The van der Waals surface area contributed by atoms with Gasteiger partial charge in [-0.15, -0.1) is 0 Å². The molecular formula is C34H31N3O2. The lowest BCUT2D eigenvalue weighted by molar-refractivity contribution is 0.104. The van der Waals surface area contributed by atoms with E-state index >= 15 is 0 Å². The second kappa shape index (κ2) is 9.05. The third-order valence-corrected chi connectivity index (χ3v) is 7.37. The van der Waals surface area contributed by atoms with E-state index in [0.717, 1.165) is 33.8 Å². The molecule has 1 aliphatic rings. The van der Waals surface area contributed by atoms with Gasteiger partial charge in [-0.1, -0.05) is 74.9 Å². The van der Waals surface area contributed by atoms with Crippen LogP contribution in [-0.4, -0.2) is 15.8 Å². The first kappa shape index (κ1) is 24.8. The Morgan fingerprint density at radius 3 is 2.21 bits per heavy atom. The molecule has 39 heavy (non-hydrogen) atoms. The van der Waals surface area contributed by atoms with Crippen LogP contribution in [0.15, 0.2) is 72.8 Å². The van der Waals surface area contributed by atoms with Crippen LogP contribution in [0.25, 0.3) is 22.2 Å². The molecule has 1 aliphatic carbocycles. The number of ether oxygens (including phenoxy) is 1. The van der Waals surface area contributed by atoms with Gasteiger partial charge in [-0.2, -0.15) is 0 Å². The smallest absolute Gasteiger partial charge is 0.228 e. The van der Waals surface area contributed by atoms with Crippen molar-refractivity contribution in [1.82, 2.24) is 9.97 Å².